The van der Waals surface area contributed by atoms with E-state index in [0.29, 0.717) is 17.1 Å². The lowest BCUT2D eigenvalue weighted by Gasteiger charge is -2.20. The molecule has 1 rings (SSSR count). The van der Waals surface area contributed by atoms with Gasteiger partial charge in [-0.05, 0) is 39.7 Å². The molecule has 134 valence electrons. The highest BCUT2D eigenvalue weighted by Crippen LogP contribution is 2.11. The largest absolute Gasteiger partial charge is 0.460 e. The van der Waals surface area contributed by atoms with Crippen LogP contribution >= 0.6 is 11.6 Å². The Morgan fingerprint density at radius 2 is 1.92 bits per heavy atom. The molecule has 24 heavy (non-hydrogen) atoms. The van der Waals surface area contributed by atoms with Crippen LogP contribution in [0.1, 0.15) is 45.6 Å². The second kappa shape index (κ2) is 8.44. The fraction of sp³-hybridized carbons (Fsp3) is 0.588. The number of halogens is 1. The van der Waals surface area contributed by atoms with Gasteiger partial charge in [-0.1, -0.05) is 17.7 Å². The van der Waals surface area contributed by atoms with Gasteiger partial charge in [-0.3, -0.25) is 14.4 Å². The number of aromatic nitrogens is 1. The first-order valence-electron chi connectivity index (χ1n) is 7.86. The first kappa shape index (κ1) is 20.4. The van der Waals surface area contributed by atoms with Gasteiger partial charge in [-0.2, -0.15) is 0 Å². The SMILES string of the molecule is Cn1c(Cl)ccc(CCC(=O)[C@H](N)CCC(=O)OC(C)(C)C)c1=O. The quantitative estimate of drug-likeness (QED) is 0.596. The number of ether oxygens (including phenoxy) is 1. The van der Waals surface area contributed by atoms with E-state index < -0.39 is 11.6 Å². The van der Waals surface area contributed by atoms with Crippen molar-refractivity contribution in [1.29, 1.82) is 0 Å². The second-order valence-electron chi connectivity index (χ2n) is 6.74. The summed E-state index contributed by atoms with van der Waals surface area (Å²) in [6.45, 7) is 5.34. The van der Waals surface area contributed by atoms with E-state index in [0.717, 1.165) is 0 Å². The summed E-state index contributed by atoms with van der Waals surface area (Å²) in [6.07, 6.45) is 0.758. The molecule has 1 aromatic heterocycles. The van der Waals surface area contributed by atoms with Crippen molar-refractivity contribution in [3.05, 3.63) is 33.2 Å². The minimum Gasteiger partial charge on any atom is -0.460 e. The molecule has 0 aliphatic carbocycles. The predicted octanol–water partition coefficient (Wildman–Crippen LogP) is 1.99. The maximum atomic E-state index is 12.1. The standard InChI is InChI=1S/C17H25ClN2O4/c1-17(2,3)24-15(22)10-7-12(19)13(21)8-5-11-6-9-14(18)20(4)16(11)23/h6,9,12H,5,7-8,10,19H2,1-4H3/t12-/m1/s1. The Balaban J connectivity index is 2.49. The average Bonchev–Trinajstić information content (AvgIpc) is 2.47. The Morgan fingerprint density at radius 3 is 2.50 bits per heavy atom. The fourth-order valence-electron chi connectivity index (χ4n) is 2.13. The Morgan fingerprint density at radius 1 is 1.29 bits per heavy atom. The number of aryl methyl sites for hydroxylation is 1. The molecule has 1 atom stereocenters. The van der Waals surface area contributed by atoms with E-state index in [1.165, 1.54) is 4.57 Å². The smallest absolute Gasteiger partial charge is 0.306 e. The van der Waals surface area contributed by atoms with Crippen LogP contribution in [0.4, 0.5) is 0 Å². The normalized spacial score (nSPS) is 12.8. The van der Waals surface area contributed by atoms with Crippen molar-refractivity contribution in [3.63, 3.8) is 0 Å². The van der Waals surface area contributed by atoms with E-state index in [1.54, 1.807) is 40.0 Å². The Labute approximate surface area is 146 Å². The van der Waals surface area contributed by atoms with Crippen molar-refractivity contribution in [3.8, 4) is 0 Å². The Kier molecular flexibility index (Phi) is 7.17. The van der Waals surface area contributed by atoms with E-state index in [9.17, 15) is 14.4 Å². The maximum absolute atomic E-state index is 12.1. The lowest BCUT2D eigenvalue weighted by Crippen LogP contribution is -2.33. The van der Waals surface area contributed by atoms with Crippen LogP contribution in [0.3, 0.4) is 0 Å². The summed E-state index contributed by atoms with van der Waals surface area (Å²) < 4.78 is 6.50. The number of esters is 1. The summed E-state index contributed by atoms with van der Waals surface area (Å²) in [5, 5.41) is 0.337. The molecular weight excluding hydrogens is 332 g/mol. The van der Waals surface area contributed by atoms with Crippen molar-refractivity contribution >= 4 is 23.4 Å². The number of ketones is 1. The molecule has 0 aliphatic rings. The average molecular weight is 357 g/mol. The van der Waals surface area contributed by atoms with Crippen LogP contribution in [0.25, 0.3) is 0 Å². The molecule has 0 unspecified atom stereocenters. The molecule has 0 bridgehead atoms. The number of nitrogens with two attached hydrogens (primary N) is 1. The summed E-state index contributed by atoms with van der Waals surface area (Å²) in [4.78, 5) is 35.7. The van der Waals surface area contributed by atoms with Crippen molar-refractivity contribution in [2.45, 2.75) is 58.1 Å². The zero-order valence-electron chi connectivity index (χ0n) is 14.6. The van der Waals surface area contributed by atoms with Gasteiger partial charge in [0, 0.05) is 25.5 Å². The molecule has 1 aromatic rings. The summed E-state index contributed by atoms with van der Waals surface area (Å²) in [7, 11) is 1.57. The second-order valence-corrected chi connectivity index (χ2v) is 7.13. The highest BCUT2D eigenvalue weighted by Gasteiger charge is 2.20. The minimum atomic E-state index is -0.742. The number of pyridine rings is 1. The van der Waals surface area contributed by atoms with Gasteiger partial charge in [0.1, 0.15) is 16.5 Å². The van der Waals surface area contributed by atoms with Crippen molar-refractivity contribution < 1.29 is 14.3 Å². The van der Waals surface area contributed by atoms with E-state index in [1.807, 2.05) is 0 Å². The number of carbonyl (C=O) groups excluding carboxylic acids is 2. The van der Waals surface area contributed by atoms with Gasteiger partial charge >= 0.3 is 5.97 Å². The van der Waals surface area contributed by atoms with Gasteiger partial charge in [-0.25, -0.2) is 0 Å². The number of carbonyl (C=O) groups is 2. The molecule has 0 saturated carbocycles. The fourth-order valence-corrected chi connectivity index (χ4v) is 2.27. The molecular formula is C17H25ClN2O4. The van der Waals surface area contributed by atoms with Gasteiger partial charge in [-0.15, -0.1) is 0 Å². The summed E-state index contributed by atoms with van der Waals surface area (Å²) in [5.41, 5.74) is 5.55. The number of Topliss-reactive ketones (excluding diaryl/α,β-unsaturated/α-hetero) is 1. The van der Waals surface area contributed by atoms with Gasteiger partial charge in [0.25, 0.3) is 5.56 Å². The molecule has 0 fully saturated rings. The van der Waals surface area contributed by atoms with Crippen LogP contribution in [-0.2, 0) is 27.8 Å². The van der Waals surface area contributed by atoms with Crippen LogP contribution < -0.4 is 11.3 Å². The van der Waals surface area contributed by atoms with Crippen LogP contribution in [0.2, 0.25) is 5.15 Å². The van der Waals surface area contributed by atoms with Gasteiger partial charge in [0.2, 0.25) is 0 Å². The van der Waals surface area contributed by atoms with E-state index in [2.05, 4.69) is 0 Å². The third kappa shape index (κ3) is 6.45. The van der Waals surface area contributed by atoms with Crippen LogP contribution in [-0.4, -0.2) is 28.0 Å². The van der Waals surface area contributed by atoms with Crippen molar-refractivity contribution in [2.75, 3.05) is 0 Å². The summed E-state index contributed by atoms with van der Waals surface area (Å²) >= 11 is 5.85. The third-order valence-corrected chi connectivity index (χ3v) is 3.84. The van der Waals surface area contributed by atoms with E-state index in [4.69, 9.17) is 22.1 Å². The number of hydrogen-bond acceptors (Lipinski definition) is 5. The lowest BCUT2D eigenvalue weighted by molar-refractivity contribution is -0.155. The summed E-state index contributed by atoms with van der Waals surface area (Å²) in [5.74, 6) is -0.562. The van der Waals surface area contributed by atoms with Gasteiger partial charge in [0.15, 0.2) is 0 Å². The minimum absolute atomic E-state index is 0.0902. The van der Waals surface area contributed by atoms with Crippen LogP contribution in [0.5, 0.6) is 0 Å². The van der Waals surface area contributed by atoms with Crippen LogP contribution in [0, 0.1) is 0 Å². The van der Waals surface area contributed by atoms with Gasteiger partial charge < -0.3 is 15.0 Å². The molecule has 0 amide bonds. The first-order valence-corrected chi connectivity index (χ1v) is 8.23. The van der Waals surface area contributed by atoms with Gasteiger partial charge in [0.05, 0.1) is 6.04 Å². The molecule has 1 heterocycles. The monoisotopic (exact) mass is 356 g/mol. The van der Waals surface area contributed by atoms with Crippen molar-refractivity contribution in [1.82, 2.24) is 4.57 Å². The maximum Gasteiger partial charge on any atom is 0.306 e. The molecule has 0 aliphatic heterocycles. The highest BCUT2D eigenvalue weighted by atomic mass is 35.5. The molecule has 0 aromatic carbocycles. The third-order valence-electron chi connectivity index (χ3n) is 3.46. The lowest BCUT2D eigenvalue weighted by atomic mass is 10.0. The summed E-state index contributed by atoms with van der Waals surface area (Å²) in [6, 6.07) is 2.49. The molecule has 7 heteroatoms. The van der Waals surface area contributed by atoms with E-state index >= 15 is 0 Å². The molecule has 0 spiro atoms. The van der Waals surface area contributed by atoms with Crippen molar-refractivity contribution in [2.24, 2.45) is 12.8 Å². The molecule has 6 nitrogen and oxygen atoms in total. The van der Waals surface area contributed by atoms with Crippen LogP contribution in [0.15, 0.2) is 16.9 Å². The number of nitrogens with zero attached hydrogens (tertiary/aromatic N) is 1. The Bertz CT molecular complexity index is 662. The zero-order chi connectivity index (χ0) is 18.5. The molecule has 0 saturated heterocycles. The highest BCUT2D eigenvalue weighted by molar-refractivity contribution is 6.29. The number of hydrogen-bond donors (Lipinski definition) is 1. The molecule has 0 radical (unpaired) electrons. The predicted molar refractivity (Wildman–Crippen MR) is 93.1 cm³/mol. The van der Waals surface area contributed by atoms with E-state index in [-0.39, 0.29) is 36.6 Å². The zero-order valence-corrected chi connectivity index (χ0v) is 15.4. The number of rotatable bonds is 7. The first-order chi connectivity index (χ1) is 11.0. The topological polar surface area (TPSA) is 91.4 Å². The molecule has 2 N–H and O–H groups in total. The Hall–Kier alpha value is -1.66.